The van der Waals surface area contributed by atoms with E-state index >= 15 is 0 Å². The number of esters is 2. The standard InChI is InChI=1S/C21H23FN2O4/c1-27-20(25)16-8-4-7-13-24(19(16)21(26)28-2)18-14-15(22)9-10-17(18)23-11-5-3-6-12-23/h4,7-10,13-14H,3,5-6,11-12H2,1-2H3. The van der Waals surface area contributed by atoms with Gasteiger partial charge in [-0.15, -0.1) is 0 Å². The van der Waals surface area contributed by atoms with Gasteiger partial charge in [-0.05, 0) is 49.6 Å². The quantitative estimate of drug-likeness (QED) is 0.740. The van der Waals surface area contributed by atoms with Gasteiger partial charge in [0.25, 0.3) is 0 Å². The van der Waals surface area contributed by atoms with Gasteiger partial charge in [-0.25, -0.2) is 14.0 Å². The highest BCUT2D eigenvalue weighted by atomic mass is 19.1. The number of allylic oxidation sites excluding steroid dienone is 2. The second-order valence-electron chi connectivity index (χ2n) is 6.50. The number of anilines is 2. The number of methoxy groups -OCH3 is 2. The van der Waals surface area contributed by atoms with Crippen molar-refractivity contribution in [2.24, 2.45) is 0 Å². The van der Waals surface area contributed by atoms with Crippen LogP contribution in [-0.2, 0) is 19.1 Å². The van der Waals surface area contributed by atoms with Gasteiger partial charge in [0.15, 0.2) is 0 Å². The summed E-state index contributed by atoms with van der Waals surface area (Å²) in [4.78, 5) is 28.6. The van der Waals surface area contributed by atoms with E-state index in [4.69, 9.17) is 9.47 Å². The predicted molar refractivity (Wildman–Crippen MR) is 104 cm³/mol. The van der Waals surface area contributed by atoms with E-state index in [1.165, 1.54) is 37.3 Å². The van der Waals surface area contributed by atoms with E-state index in [2.05, 4.69) is 4.90 Å². The number of halogens is 1. The van der Waals surface area contributed by atoms with Crippen LogP contribution in [0.4, 0.5) is 15.8 Å². The van der Waals surface area contributed by atoms with Crippen LogP contribution in [-0.4, -0.2) is 39.2 Å². The minimum absolute atomic E-state index is 0.0248. The molecular weight excluding hydrogens is 363 g/mol. The molecule has 1 fully saturated rings. The summed E-state index contributed by atoms with van der Waals surface area (Å²) in [5.74, 6) is -1.84. The Morgan fingerprint density at radius 3 is 2.36 bits per heavy atom. The van der Waals surface area contributed by atoms with Crippen LogP contribution in [0.25, 0.3) is 0 Å². The summed E-state index contributed by atoms with van der Waals surface area (Å²) in [6.45, 7) is 1.69. The van der Waals surface area contributed by atoms with E-state index in [0.29, 0.717) is 5.69 Å². The van der Waals surface area contributed by atoms with Gasteiger partial charge in [-0.2, -0.15) is 0 Å². The average Bonchev–Trinajstić information content (AvgIpc) is 2.96. The van der Waals surface area contributed by atoms with Gasteiger partial charge in [-0.1, -0.05) is 6.08 Å². The molecule has 3 rings (SSSR count). The van der Waals surface area contributed by atoms with Gasteiger partial charge in [0.1, 0.15) is 11.5 Å². The molecule has 0 unspecified atom stereocenters. The monoisotopic (exact) mass is 386 g/mol. The first kappa shape index (κ1) is 19.7. The van der Waals surface area contributed by atoms with Crippen molar-refractivity contribution in [1.82, 2.24) is 0 Å². The molecule has 0 N–H and O–H groups in total. The lowest BCUT2D eigenvalue weighted by molar-refractivity contribution is -0.139. The normalized spacial score (nSPS) is 16.8. The summed E-state index contributed by atoms with van der Waals surface area (Å²) >= 11 is 0. The zero-order valence-electron chi connectivity index (χ0n) is 16.0. The third-order valence-electron chi connectivity index (χ3n) is 4.78. The van der Waals surface area contributed by atoms with E-state index in [9.17, 15) is 14.0 Å². The van der Waals surface area contributed by atoms with Crippen molar-refractivity contribution < 1.29 is 23.5 Å². The first-order valence-electron chi connectivity index (χ1n) is 9.16. The Bertz CT molecular complexity index is 854. The second-order valence-corrected chi connectivity index (χ2v) is 6.50. The number of rotatable bonds is 4. The zero-order valence-corrected chi connectivity index (χ0v) is 16.0. The maximum absolute atomic E-state index is 14.2. The second kappa shape index (κ2) is 8.73. The van der Waals surface area contributed by atoms with Gasteiger partial charge >= 0.3 is 11.9 Å². The summed E-state index contributed by atoms with van der Waals surface area (Å²) in [7, 11) is 2.47. The molecule has 0 radical (unpaired) electrons. The van der Waals surface area contributed by atoms with Crippen LogP contribution < -0.4 is 9.80 Å². The van der Waals surface area contributed by atoms with E-state index in [0.717, 1.165) is 38.0 Å². The Morgan fingerprint density at radius 2 is 1.68 bits per heavy atom. The predicted octanol–water partition coefficient (Wildman–Crippen LogP) is 3.31. The summed E-state index contributed by atoms with van der Waals surface area (Å²) < 4.78 is 23.9. The van der Waals surface area contributed by atoms with Gasteiger partial charge in [0, 0.05) is 19.3 Å². The van der Waals surface area contributed by atoms with Crippen molar-refractivity contribution in [2.45, 2.75) is 19.3 Å². The minimum Gasteiger partial charge on any atom is -0.465 e. The van der Waals surface area contributed by atoms with Gasteiger partial charge in [0.05, 0.1) is 31.2 Å². The Labute approximate surface area is 163 Å². The Morgan fingerprint density at radius 1 is 0.964 bits per heavy atom. The third kappa shape index (κ3) is 3.93. The molecule has 1 aromatic rings. The lowest BCUT2D eigenvalue weighted by Gasteiger charge is -2.33. The molecule has 2 aliphatic rings. The number of hydrogen-bond donors (Lipinski definition) is 0. The van der Waals surface area contributed by atoms with E-state index in [1.807, 2.05) is 0 Å². The molecule has 0 amide bonds. The molecule has 0 bridgehead atoms. The highest BCUT2D eigenvalue weighted by Gasteiger charge is 2.30. The maximum atomic E-state index is 14.2. The van der Waals surface area contributed by atoms with E-state index in [-0.39, 0.29) is 11.3 Å². The Hall–Kier alpha value is -3.09. The van der Waals surface area contributed by atoms with Crippen LogP contribution in [0.5, 0.6) is 0 Å². The molecule has 0 aliphatic carbocycles. The molecule has 28 heavy (non-hydrogen) atoms. The molecule has 2 aliphatic heterocycles. The molecule has 0 atom stereocenters. The summed E-state index contributed by atoms with van der Waals surface area (Å²) in [5, 5.41) is 0. The van der Waals surface area contributed by atoms with Gasteiger partial charge < -0.3 is 19.3 Å². The number of nitrogens with zero attached hydrogens (tertiary/aromatic N) is 2. The van der Waals surface area contributed by atoms with Gasteiger partial charge in [-0.3, -0.25) is 0 Å². The average molecular weight is 386 g/mol. The Balaban J connectivity index is 2.18. The van der Waals surface area contributed by atoms with Crippen molar-refractivity contribution in [3.63, 3.8) is 0 Å². The van der Waals surface area contributed by atoms with Crippen LogP contribution >= 0.6 is 0 Å². The SMILES string of the molecule is COC(=O)C1=C(C(=O)OC)N(c2cc(F)ccc2N2CCCCC2)C=CC=C1. The third-order valence-corrected chi connectivity index (χ3v) is 4.78. The zero-order chi connectivity index (χ0) is 20.1. The number of ether oxygens (including phenoxy) is 2. The number of hydrogen-bond acceptors (Lipinski definition) is 6. The first-order chi connectivity index (χ1) is 13.6. The molecule has 0 aromatic heterocycles. The largest absolute Gasteiger partial charge is 0.465 e. The number of carbonyl (C=O) groups excluding carboxylic acids is 2. The van der Waals surface area contributed by atoms with Crippen LogP contribution in [0.15, 0.2) is 53.9 Å². The molecule has 0 spiro atoms. The molecule has 2 heterocycles. The Kier molecular flexibility index (Phi) is 6.13. The first-order valence-corrected chi connectivity index (χ1v) is 9.16. The van der Waals surface area contributed by atoms with Crippen molar-refractivity contribution in [1.29, 1.82) is 0 Å². The fraction of sp³-hybridized carbons (Fsp3) is 0.333. The molecule has 1 aromatic carbocycles. The van der Waals surface area contributed by atoms with Crippen molar-refractivity contribution in [3.05, 3.63) is 59.7 Å². The van der Waals surface area contributed by atoms with Crippen LogP contribution in [0, 0.1) is 5.82 Å². The fourth-order valence-corrected chi connectivity index (χ4v) is 3.44. The summed E-state index contributed by atoms with van der Waals surface area (Å²) in [6.07, 6.45) is 9.62. The van der Waals surface area contributed by atoms with Gasteiger partial charge in [0.2, 0.25) is 0 Å². The lowest BCUT2D eigenvalue weighted by Crippen LogP contribution is -2.33. The van der Waals surface area contributed by atoms with Crippen molar-refractivity contribution in [2.75, 3.05) is 37.1 Å². The highest BCUT2D eigenvalue weighted by molar-refractivity contribution is 6.06. The maximum Gasteiger partial charge on any atom is 0.355 e. The molecule has 0 saturated carbocycles. The number of benzene rings is 1. The number of carbonyl (C=O) groups is 2. The molecular formula is C21H23FN2O4. The van der Waals surface area contributed by atoms with Crippen LogP contribution in [0.1, 0.15) is 19.3 Å². The van der Waals surface area contributed by atoms with E-state index in [1.54, 1.807) is 24.4 Å². The minimum atomic E-state index is -0.717. The summed E-state index contributed by atoms with van der Waals surface area (Å²) in [5.41, 5.74) is 1.26. The van der Waals surface area contributed by atoms with Crippen molar-refractivity contribution in [3.8, 4) is 0 Å². The molecule has 148 valence electrons. The molecule has 6 nitrogen and oxygen atoms in total. The highest BCUT2D eigenvalue weighted by Crippen LogP contribution is 2.36. The molecule has 7 heteroatoms. The molecule has 1 saturated heterocycles. The fourth-order valence-electron chi connectivity index (χ4n) is 3.44. The van der Waals surface area contributed by atoms with Crippen molar-refractivity contribution >= 4 is 23.3 Å². The summed E-state index contributed by atoms with van der Waals surface area (Å²) in [6, 6.07) is 4.46. The van der Waals surface area contributed by atoms with Crippen LogP contribution in [0.2, 0.25) is 0 Å². The lowest BCUT2D eigenvalue weighted by atomic mass is 10.1. The topological polar surface area (TPSA) is 59.1 Å². The van der Waals surface area contributed by atoms with E-state index < -0.39 is 17.8 Å². The number of piperidine rings is 1. The smallest absolute Gasteiger partial charge is 0.355 e. The van der Waals surface area contributed by atoms with Crippen LogP contribution in [0.3, 0.4) is 0 Å².